The number of rotatable bonds is 3. The molecule has 4 heteroatoms. The molecule has 1 atom stereocenters. The summed E-state index contributed by atoms with van der Waals surface area (Å²) in [6, 6.07) is 3.61. The molecule has 2 rings (SSSR count). The predicted molar refractivity (Wildman–Crippen MR) is 53.0 cm³/mol. The first-order valence-electron chi connectivity index (χ1n) is 5.01. The summed E-state index contributed by atoms with van der Waals surface area (Å²) in [7, 11) is 0. The molecular weight excluding hydrogens is 180 g/mol. The third-order valence-electron chi connectivity index (χ3n) is 2.51. The maximum Gasteiger partial charge on any atom is 0.133 e. The Balaban J connectivity index is 1.84. The van der Waals surface area contributed by atoms with Gasteiger partial charge in [0.1, 0.15) is 11.9 Å². The highest BCUT2D eigenvalue weighted by Crippen LogP contribution is 2.14. The highest BCUT2D eigenvalue weighted by atomic mass is 16.4. The average Bonchev–Trinajstić information content (AvgIpc) is 2.72. The molecule has 2 heterocycles. The van der Waals surface area contributed by atoms with Crippen LogP contribution in [0, 0.1) is 0 Å². The standard InChI is InChI=1S/C10H16N2O2/c13-9(10-2-1-7-14-10)8-12-5-3-11-4-6-12/h1-2,7,9,11,13H,3-6,8H2/t9-/m1/s1. The zero-order valence-corrected chi connectivity index (χ0v) is 8.15. The summed E-state index contributed by atoms with van der Waals surface area (Å²) in [6.45, 7) is 4.67. The fourth-order valence-electron chi connectivity index (χ4n) is 1.71. The lowest BCUT2D eigenvalue weighted by Gasteiger charge is -2.28. The molecule has 14 heavy (non-hydrogen) atoms. The molecule has 1 aliphatic rings. The van der Waals surface area contributed by atoms with Gasteiger partial charge < -0.3 is 14.8 Å². The van der Waals surface area contributed by atoms with Gasteiger partial charge in [-0.25, -0.2) is 0 Å². The van der Waals surface area contributed by atoms with Crippen molar-refractivity contribution in [1.29, 1.82) is 0 Å². The van der Waals surface area contributed by atoms with Gasteiger partial charge in [-0.2, -0.15) is 0 Å². The van der Waals surface area contributed by atoms with Crippen LogP contribution in [0.4, 0.5) is 0 Å². The second-order valence-electron chi connectivity index (χ2n) is 3.58. The van der Waals surface area contributed by atoms with Crippen LogP contribution in [0.2, 0.25) is 0 Å². The number of nitrogens with zero attached hydrogens (tertiary/aromatic N) is 1. The van der Waals surface area contributed by atoms with E-state index in [1.54, 1.807) is 12.3 Å². The first-order chi connectivity index (χ1) is 6.86. The van der Waals surface area contributed by atoms with E-state index in [0.717, 1.165) is 26.2 Å². The number of nitrogens with one attached hydrogen (secondary N) is 1. The smallest absolute Gasteiger partial charge is 0.133 e. The van der Waals surface area contributed by atoms with E-state index in [-0.39, 0.29) is 0 Å². The second-order valence-corrected chi connectivity index (χ2v) is 3.58. The minimum absolute atomic E-state index is 0.497. The van der Waals surface area contributed by atoms with E-state index in [9.17, 15) is 5.11 Å². The third kappa shape index (κ3) is 2.35. The quantitative estimate of drug-likeness (QED) is 0.726. The first-order valence-corrected chi connectivity index (χ1v) is 5.01. The molecule has 1 saturated heterocycles. The Kier molecular flexibility index (Phi) is 3.18. The zero-order valence-electron chi connectivity index (χ0n) is 8.15. The SMILES string of the molecule is O[C@H](CN1CCNCC1)c1ccco1. The van der Waals surface area contributed by atoms with Gasteiger partial charge in [-0.3, -0.25) is 4.90 Å². The fourth-order valence-corrected chi connectivity index (χ4v) is 1.71. The molecule has 1 aromatic rings. The van der Waals surface area contributed by atoms with E-state index in [4.69, 9.17) is 4.42 Å². The van der Waals surface area contributed by atoms with E-state index < -0.39 is 6.10 Å². The average molecular weight is 196 g/mol. The molecule has 0 saturated carbocycles. The molecule has 2 N–H and O–H groups in total. The van der Waals surface area contributed by atoms with Gasteiger partial charge in [-0.15, -0.1) is 0 Å². The van der Waals surface area contributed by atoms with Crippen molar-refractivity contribution in [3.8, 4) is 0 Å². The van der Waals surface area contributed by atoms with E-state index in [2.05, 4.69) is 10.2 Å². The molecule has 0 aliphatic carbocycles. The van der Waals surface area contributed by atoms with Gasteiger partial charge in [-0.1, -0.05) is 0 Å². The molecule has 4 nitrogen and oxygen atoms in total. The van der Waals surface area contributed by atoms with E-state index >= 15 is 0 Å². The number of aliphatic hydroxyl groups excluding tert-OH is 1. The normalized spacial score (nSPS) is 20.9. The Labute approximate surface area is 83.5 Å². The molecular formula is C10H16N2O2. The Morgan fingerprint density at radius 3 is 2.93 bits per heavy atom. The van der Waals surface area contributed by atoms with Crippen LogP contribution < -0.4 is 5.32 Å². The Bertz CT molecular complexity index is 255. The molecule has 0 amide bonds. The van der Waals surface area contributed by atoms with Crippen molar-refractivity contribution in [2.24, 2.45) is 0 Å². The third-order valence-corrected chi connectivity index (χ3v) is 2.51. The number of β-amino-alcohol motifs (C(OH)–C–C–N with tert-alkyl or cyclic N) is 1. The lowest BCUT2D eigenvalue weighted by atomic mass is 10.2. The number of hydrogen-bond acceptors (Lipinski definition) is 4. The number of furan rings is 1. The minimum Gasteiger partial charge on any atom is -0.467 e. The van der Waals surface area contributed by atoms with Crippen LogP contribution in [-0.2, 0) is 0 Å². The van der Waals surface area contributed by atoms with Crippen molar-refractivity contribution in [2.45, 2.75) is 6.10 Å². The van der Waals surface area contributed by atoms with Crippen LogP contribution in [-0.4, -0.2) is 42.7 Å². The van der Waals surface area contributed by atoms with Crippen LogP contribution in [0.3, 0.4) is 0 Å². The molecule has 0 aromatic carbocycles. The second kappa shape index (κ2) is 4.59. The van der Waals surface area contributed by atoms with Gasteiger partial charge in [0, 0.05) is 32.7 Å². The molecule has 78 valence electrons. The molecule has 1 fully saturated rings. The molecule has 0 unspecified atom stereocenters. The monoisotopic (exact) mass is 196 g/mol. The van der Waals surface area contributed by atoms with Gasteiger partial charge in [0.15, 0.2) is 0 Å². The summed E-state index contributed by atoms with van der Waals surface area (Å²) in [5.41, 5.74) is 0. The summed E-state index contributed by atoms with van der Waals surface area (Å²) in [5, 5.41) is 13.1. The summed E-state index contributed by atoms with van der Waals surface area (Å²) >= 11 is 0. The van der Waals surface area contributed by atoms with Gasteiger partial charge >= 0.3 is 0 Å². The van der Waals surface area contributed by atoms with Crippen molar-refractivity contribution in [3.63, 3.8) is 0 Å². The summed E-state index contributed by atoms with van der Waals surface area (Å²) < 4.78 is 5.14. The van der Waals surface area contributed by atoms with E-state index in [0.29, 0.717) is 12.3 Å². The molecule has 0 radical (unpaired) electrons. The molecule has 0 bridgehead atoms. The van der Waals surface area contributed by atoms with E-state index in [1.165, 1.54) is 0 Å². The van der Waals surface area contributed by atoms with Crippen LogP contribution in [0.5, 0.6) is 0 Å². The van der Waals surface area contributed by atoms with Gasteiger partial charge in [0.05, 0.1) is 6.26 Å². The topological polar surface area (TPSA) is 48.6 Å². The highest BCUT2D eigenvalue weighted by Gasteiger charge is 2.16. The highest BCUT2D eigenvalue weighted by molar-refractivity contribution is 5.02. The van der Waals surface area contributed by atoms with Crippen LogP contribution in [0.1, 0.15) is 11.9 Å². The van der Waals surface area contributed by atoms with Gasteiger partial charge in [-0.05, 0) is 12.1 Å². The summed E-state index contributed by atoms with van der Waals surface area (Å²) in [5.74, 6) is 0.656. The maximum atomic E-state index is 9.81. The Hall–Kier alpha value is -0.840. The van der Waals surface area contributed by atoms with Gasteiger partial charge in [0.2, 0.25) is 0 Å². The predicted octanol–water partition coefficient (Wildman–Crippen LogP) is 0.218. The van der Waals surface area contributed by atoms with Crippen molar-refractivity contribution in [3.05, 3.63) is 24.2 Å². The lowest BCUT2D eigenvalue weighted by Crippen LogP contribution is -2.44. The van der Waals surface area contributed by atoms with Crippen molar-refractivity contribution < 1.29 is 9.52 Å². The van der Waals surface area contributed by atoms with Crippen molar-refractivity contribution in [1.82, 2.24) is 10.2 Å². The fraction of sp³-hybridized carbons (Fsp3) is 0.600. The van der Waals surface area contributed by atoms with Crippen LogP contribution in [0.15, 0.2) is 22.8 Å². The van der Waals surface area contributed by atoms with Crippen LogP contribution in [0.25, 0.3) is 0 Å². The van der Waals surface area contributed by atoms with Crippen LogP contribution >= 0.6 is 0 Å². The molecule has 0 spiro atoms. The Morgan fingerprint density at radius 2 is 2.29 bits per heavy atom. The zero-order chi connectivity index (χ0) is 9.80. The number of aliphatic hydroxyl groups is 1. The lowest BCUT2D eigenvalue weighted by molar-refractivity contribution is 0.0884. The maximum absolute atomic E-state index is 9.81. The minimum atomic E-state index is -0.497. The first kappa shape index (κ1) is 9.71. The largest absolute Gasteiger partial charge is 0.467 e. The molecule has 1 aromatic heterocycles. The van der Waals surface area contributed by atoms with Crippen molar-refractivity contribution in [2.75, 3.05) is 32.7 Å². The number of piperazine rings is 1. The van der Waals surface area contributed by atoms with Gasteiger partial charge in [0.25, 0.3) is 0 Å². The summed E-state index contributed by atoms with van der Waals surface area (Å²) in [4.78, 5) is 2.24. The summed E-state index contributed by atoms with van der Waals surface area (Å²) in [6.07, 6.45) is 1.10. The molecule has 1 aliphatic heterocycles. The van der Waals surface area contributed by atoms with E-state index in [1.807, 2.05) is 6.07 Å². The van der Waals surface area contributed by atoms with Crippen molar-refractivity contribution >= 4 is 0 Å². The number of hydrogen-bond donors (Lipinski definition) is 2. The Morgan fingerprint density at radius 1 is 1.50 bits per heavy atom.